The van der Waals surface area contributed by atoms with E-state index in [0.717, 1.165) is 62.1 Å². The van der Waals surface area contributed by atoms with Crippen LogP contribution in [0.15, 0.2) is 0 Å². The molecule has 8 heterocycles. The summed E-state index contributed by atoms with van der Waals surface area (Å²) in [7, 11) is 0. The Balaban J connectivity index is 0.000000150. The van der Waals surface area contributed by atoms with Crippen molar-refractivity contribution in [3.63, 3.8) is 0 Å². The van der Waals surface area contributed by atoms with Crippen LogP contribution in [0.25, 0.3) is 22.3 Å². The number of anilines is 2. The molecule has 0 spiro atoms. The van der Waals surface area contributed by atoms with Crippen LogP contribution in [0.2, 0.25) is 0 Å². The average Bonchev–Trinajstić information content (AvgIpc) is 3.75. The van der Waals surface area contributed by atoms with Crippen LogP contribution < -0.4 is 9.80 Å². The fraction of sp³-hybridized carbons (Fsp3) is 0.722. The molecule has 2 aliphatic carbocycles. The molecule has 22 heteroatoms. The number of aliphatic hydroxyl groups is 2. The van der Waals surface area contributed by atoms with E-state index >= 15 is 0 Å². The predicted octanol–water partition coefficient (Wildman–Crippen LogP) is 1.70. The van der Waals surface area contributed by atoms with E-state index < -0.39 is 11.2 Å². The molecule has 2 aliphatic heterocycles. The topological polar surface area (TPSA) is 247 Å². The lowest BCUT2D eigenvalue weighted by atomic mass is 9.95. The molecule has 0 unspecified atom stereocenters. The molecule has 2 N–H and O–H groups in total. The van der Waals surface area contributed by atoms with Gasteiger partial charge in [-0.1, -0.05) is 41.5 Å². The minimum atomic E-state index is -0.735. The van der Waals surface area contributed by atoms with Crippen molar-refractivity contribution in [2.75, 3.05) is 36.0 Å². The van der Waals surface area contributed by atoms with Gasteiger partial charge in [0, 0.05) is 37.0 Å². The number of β-amino-alcohol motifs (C(OH)–C–C–N with tert-alkyl or cyclic N) is 2. The third-order valence-electron chi connectivity index (χ3n) is 10.9. The van der Waals surface area contributed by atoms with E-state index in [2.05, 4.69) is 113 Å². The first-order valence-corrected chi connectivity index (χ1v) is 20.1. The first-order valence-electron chi connectivity index (χ1n) is 20.1. The van der Waals surface area contributed by atoms with E-state index in [9.17, 15) is 10.2 Å². The van der Waals surface area contributed by atoms with Gasteiger partial charge in [0.15, 0.2) is 34.3 Å². The summed E-state index contributed by atoms with van der Waals surface area (Å²) in [5.41, 5.74) is 0.454. The van der Waals surface area contributed by atoms with Crippen LogP contribution in [-0.2, 0) is 23.9 Å². The second kappa shape index (κ2) is 13.6. The summed E-state index contributed by atoms with van der Waals surface area (Å²) >= 11 is 0. The average molecular weight is 797 g/mol. The molecule has 2 saturated carbocycles. The van der Waals surface area contributed by atoms with Crippen molar-refractivity contribution < 1.29 is 10.2 Å². The maximum absolute atomic E-state index is 10.4. The molecule has 6 aromatic heterocycles. The standard InChI is InChI=1S/2C18H26N10O/c2*1-17(2,3)16-19-14-13(15(20-16)26-8-7-18(4,29)10-26)22-27(23-14)9-12-21-24-25-28(12)11-5-6-11/h2*11,29H,5-10H2,1-4H3/t2*18-/m10/s1. The Hall–Kier alpha value is -5.38. The van der Waals surface area contributed by atoms with Crippen molar-refractivity contribution in [3.8, 4) is 0 Å². The lowest BCUT2D eigenvalue weighted by Crippen LogP contribution is -2.31. The molecule has 0 radical (unpaired) electrons. The summed E-state index contributed by atoms with van der Waals surface area (Å²) in [5.74, 6) is 4.35. The molecule has 22 nitrogen and oxygen atoms in total. The third-order valence-corrected chi connectivity index (χ3v) is 10.9. The van der Waals surface area contributed by atoms with Gasteiger partial charge in [-0.25, -0.2) is 29.3 Å². The highest BCUT2D eigenvalue weighted by Gasteiger charge is 2.37. The van der Waals surface area contributed by atoms with Crippen LogP contribution in [0.5, 0.6) is 0 Å². The van der Waals surface area contributed by atoms with Gasteiger partial charge in [-0.15, -0.1) is 30.6 Å². The monoisotopic (exact) mass is 796 g/mol. The molecule has 2 atom stereocenters. The van der Waals surface area contributed by atoms with Crippen molar-refractivity contribution >= 4 is 34.0 Å². The van der Waals surface area contributed by atoms with E-state index in [1.165, 1.54) is 0 Å². The van der Waals surface area contributed by atoms with Gasteiger partial charge < -0.3 is 20.0 Å². The van der Waals surface area contributed by atoms with E-state index in [0.29, 0.717) is 85.1 Å². The summed E-state index contributed by atoms with van der Waals surface area (Å²) in [6, 6.07) is 0.777. The lowest BCUT2D eigenvalue weighted by molar-refractivity contribution is 0.0833. The Labute approximate surface area is 334 Å². The minimum absolute atomic E-state index is 0.231. The van der Waals surface area contributed by atoms with Crippen molar-refractivity contribution in [3.05, 3.63) is 23.3 Å². The molecule has 6 aromatic rings. The molecule has 10 rings (SSSR count). The van der Waals surface area contributed by atoms with Crippen molar-refractivity contribution in [2.45, 2.75) is 141 Å². The zero-order valence-corrected chi connectivity index (χ0v) is 34.5. The summed E-state index contributed by atoms with van der Waals surface area (Å²) in [4.78, 5) is 26.4. The highest BCUT2D eigenvalue weighted by Crippen LogP contribution is 2.36. The molecule has 4 aliphatic rings. The minimum Gasteiger partial charge on any atom is -0.388 e. The van der Waals surface area contributed by atoms with Crippen molar-refractivity contribution in [2.24, 2.45) is 0 Å². The maximum atomic E-state index is 10.4. The second-order valence-corrected chi connectivity index (χ2v) is 18.9. The van der Waals surface area contributed by atoms with Crippen LogP contribution in [-0.4, -0.2) is 138 Å². The Kier molecular flexibility index (Phi) is 8.95. The first kappa shape index (κ1) is 38.2. The number of hydrogen-bond acceptors (Lipinski definition) is 18. The van der Waals surface area contributed by atoms with Gasteiger partial charge in [-0.05, 0) is 73.2 Å². The number of fused-ring (bicyclic) bond motifs is 2. The van der Waals surface area contributed by atoms with Gasteiger partial charge in [0.1, 0.15) is 24.7 Å². The molecule has 58 heavy (non-hydrogen) atoms. The van der Waals surface area contributed by atoms with Crippen LogP contribution >= 0.6 is 0 Å². The number of nitrogens with zero attached hydrogens (tertiary/aromatic N) is 20. The molecule has 0 bridgehead atoms. The second-order valence-electron chi connectivity index (χ2n) is 18.9. The number of rotatable bonds is 8. The fourth-order valence-corrected chi connectivity index (χ4v) is 7.27. The summed E-state index contributed by atoms with van der Waals surface area (Å²) in [5, 5.41) is 63.5. The molecular weight excluding hydrogens is 745 g/mol. The molecule has 2 saturated heterocycles. The first-order chi connectivity index (χ1) is 27.4. The summed E-state index contributed by atoms with van der Waals surface area (Å²) in [6.45, 7) is 19.4. The maximum Gasteiger partial charge on any atom is 0.207 e. The van der Waals surface area contributed by atoms with E-state index in [-0.39, 0.29) is 10.8 Å². The number of aromatic nitrogens is 18. The van der Waals surface area contributed by atoms with E-state index in [1.54, 1.807) is 9.59 Å². The molecule has 308 valence electrons. The molecule has 4 fully saturated rings. The van der Waals surface area contributed by atoms with Crippen LogP contribution in [0.1, 0.15) is 129 Å². The highest BCUT2D eigenvalue weighted by atomic mass is 16.3. The quantitative estimate of drug-likeness (QED) is 0.222. The number of hydrogen-bond donors (Lipinski definition) is 2. The summed E-state index contributed by atoms with van der Waals surface area (Å²) < 4.78 is 3.72. The Bertz CT molecular complexity index is 2290. The van der Waals surface area contributed by atoms with Gasteiger partial charge in [0.05, 0.1) is 23.3 Å². The largest absolute Gasteiger partial charge is 0.388 e. The van der Waals surface area contributed by atoms with Crippen LogP contribution in [0, 0.1) is 0 Å². The zero-order valence-electron chi connectivity index (χ0n) is 34.5. The van der Waals surface area contributed by atoms with Crippen LogP contribution in [0.4, 0.5) is 11.6 Å². The van der Waals surface area contributed by atoms with Gasteiger partial charge in [-0.3, -0.25) is 0 Å². The molecule has 0 amide bonds. The van der Waals surface area contributed by atoms with E-state index in [4.69, 9.17) is 9.97 Å². The van der Waals surface area contributed by atoms with Gasteiger partial charge in [0.2, 0.25) is 11.3 Å². The van der Waals surface area contributed by atoms with Crippen molar-refractivity contribution in [1.29, 1.82) is 0 Å². The Morgan fingerprint density at radius 1 is 0.586 bits per heavy atom. The van der Waals surface area contributed by atoms with Gasteiger partial charge in [0.25, 0.3) is 0 Å². The van der Waals surface area contributed by atoms with Gasteiger partial charge >= 0.3 is 0 Å². The predicted molar refractivity (Wildman–Crippen MR) is 209 cm³/mol. The smallest absolute Gasteiger partial charge is 0.207 e. The van der Waals surface area contributed by atoms with Crippen molar-refractivity contribution in [1.82, 2.24) is 90.3 Å². The normalized spacial score (nSPS) is 22.7. The SMILES string of the molecule is CC(C)(C)c1nc(N2CC[C@@](C)(O)C2)c2nn(Cc3nnnn3C3CC3)nc2n1.CC(C)(C)c1nc(N2CC[C@](C)(O)C2)c2nn(Cc3nnnn3C3CC3)nc2n1. The molecular formula is C36H52N20O2. The Morgan fingerprint density at radius 3 is 1.31 bits per heavy atom. The molecule has 0 aromatic carbocycles. The number of tetrazole rings is 2. The highest BCUT2D eigenvalue weighted by molar-refractivity contribution is 5.83. The van der Waals surface area contributed by atoms with Gasteiger partial charge in [-0.2, -0.15) is 9.59 Å². The van der Waals surface area contributed by atoms with E-state index in [1.807, 2.05) is 23.2 Å². The fourth-order valence-electron chi connectivity index (χ4n) is 7.27. The zero-order chi connectivity index (χ0) is 40.8. The summed E-state index contributed by atoms with van der Waals surface area (Å²) in [6.07, 6.45) is 5.79. The lowest BCUT2D eigenvalue weighted by Gasteiger charge is -2.22. The van der Waals surface area contributed by atoms with Crippen LogP contribution in [0.3, 0.4) is 0 Å². The Morgan fingerprint density at radius 2 is 0.983 bits per heavy atom. The third kappa shape index (κ3) is 7.77.